The number of thioether (sulfide) groups is 1. The number of nitrogens with zero attached hydrogens (tertiary/aromatic N) is 3. The van der Waals surface area contributed by atoms with Crippen LogP contribution in [0.3, 0.4) is 0 Å². The van der Waals surface area contributed by atoms with Gasteiger partial charge in [-0.3, -0.25) is 4.79 Å². The molecular weight excluding hydrogens is 418 g/mol. The monoisotopic (exact) mass is 443 g/mol. The molecule has 158 valence electrons. The van der Waals surface area contributed by atoms with Crippen LogP contribution in [0, 0.1) is 6.92 Å². The van der Waals surface area contributed by atoms with Gasteiger partial charge >= 0.3 is 0 Å². The fourth-order valence-electron chi connectivity index (χ4n) is 3.40. The van der Waals surface area contributed by atoms with Crippen molar-refractivity contribution in [3.05, 3.63) is 53.2 Å². The Balaban J connectivity index is 1.23. The zero-order valence-electron chi connectivity index (χ0n) is 17.2. The first-order valence-electron chi connectivity index (χ1n) is 9.89. The first-order valence-corrected chi connectivity index (χ1v) is 11.9. The number of amides is 1. The molecule has 8 heteroatoms. The fourth-order valence-corrected chi connectivity index (χ4v) is 4.97. The van der Waals surface area contributed by atoms with E-state index in [1.165, 1.54) is 5.69 Å². The minimum atomic E-state index is 0.189. The molecule has 3 aromatic rings. The Kier molecular flexibility index (Phi) is 6.64. The van der Waals surface area contributed by atoms with Crippen molar-refractivity contribution in [3.8, 4) is 16.5 Å². The number of aryl methyl sites for hydroxylation is 1. The van der Waals surface area contributed by atoms with E-state index in [2.05, 4.69) is 22.0 Å². The minimum Gasteiger partial charge on any atom is -0.497 e. The third-order valence-electron chi connectivity index (χ3n) is 5.16. The molecule has 0 atom stereocenters. The third kappa shape index (κ3) is 4.82. The van der Waals surface area contributed by atoms with Crippen molar-refractivity contribution in [2.75, 3.05) is 43.9 Å². The van der Waals surface area contributed by atoms with Crippen molar-refractivity contribution in [1.82, 2.24) is 9.88 Å². The van der Waals surface area contributed by atoms with E-state index in [1.807, 2.05) is 41.5 Å². The van der Waals surface area contributed by atoms with E-state index in [4.69, 9.17) is 9.15 Å². The molecule has 3 heterocycles. The molecule has 30 heavy (non-hydrogen) atoms. The van der Waals surface area contributed by atoms with Crippen molar-refractivity contribution in [2.45, 2.75) is 12.7 Å². The summed E-state index contributed by atoms with van der Waals surface area (Å²) in [5.41, 5.74) is 2.08. The predicted molar refractivity (Wildman–Crippen MR) is 123 cm³/mol. The number of anilines is 1. The van der Waals surface area contributed by atoms with Crippen LogP contribution in [0.4, 0.5) is 5.69 Å². The number of aromatic nitrogens is 1. The summed E-state index contributed by atoms with van der Waals surface area (Å²) >= 11 is 3.21. The fraction of sp³-hybridized carbons (Fsp3) is 0.364. The van der Waals surface area contributed by atoms with Gasteiger partial charge in [0.05, 0.1) is 23.4 Å². The van der Waals surface area contributed by atoms with Crippen LogP contribution in [0.25, 0.3) is 10.8 Å². The molecule has 0 spiro atoms. The molecule has 0 radical (unpaired) electrons. The molecular formula is C22H25N3O3S2. The van der Waals surface area contributed by atoms with Crippen LogP contribution in [0.1, 0.15) is 11.5 Å². The highest BCUT2D eigenvalue weighted by atomic mass is 32.2. The smallest absolute Gasteiger partial charge is 0.236 e. The van der Waals surface area contributed by atoms with Gasteiger partial charge < -0.3 is 19.0 Å². The number of ether oxygens (including phenoxy) is 1. The van der Waals surface area contributed by atoms with E-state index < -0.39 is 0 Å². The van der Waals surface area contributed by atoms with Gasteiger partial charge in [-0.15, -0.1) is 23.1 Å². The average molecular weight is 444 g/mol. The number of piperazine rings is 1. The van der Waals surface area contributed by atoms with Crippen LogP contribution in [0.5, 0.6) is 5.75 Å². The maximum absolute atomic E-state index is 12.6. The quantitative estimate of drug-likeness (QED) is 0.543. The molecule has 1 amide bonds. The van der Waals surface area contributed by atoms with E-state index in [0.717, 1.165) is 48.3 Å². The minimum absolute atomic E-state index is 0.189. The number of rotatable bonds is 7. The number of benzene rings is 1. The lowest BCUT2D eigenvalue weighted by atomic mass is 10.2. The second kappa shape index (κ2) is 9.57. The molecule has 0 unspecified atom stereocenters. The summed E-state index contributed by atoms with van der Waals surface area (Å²) in [4.78, 5) is 22.5. The van der Waals surface area contributed by atoms with E-state index in [0.29, 0.717) is 17.4 Å². The van der Waals surface area contributed by atoms with Gasteiger partial charge in [-0.05, 0) is 42.6 Å². The Hall–Kier alpha value is -2.45. The number of thiophene rings is 1. The molecule has 1 fully saturated rings. The predicted octanol–water partition coefficient (Wildman–Crippen LogP) is 4.30. The van der Waals surface area contributed by atoms with Crippen molar-refractivity contribution < 1.29 is 13.9 Å². The molecule has 2 aromatic heterocycles. The van der Waals surface area contributed by atoms with Crippen LogP contribution < -0.4 is 9.64 Å². The first-order chi connectivity index (χ1) is 14.6. The Morgan fingerprint density at radius 1 is 1.20 bits per heavy atom. The molecule has 0 aliphatic carbocycles. The third-order valence-corrected chi connectivity index (χ3v) is 6.95. The second-order valence-corrected chi connectivity index (χ2v) is 8.99. The van der Waals surface area contributed by atoms with Gasteiger partial charge in [0.1, 0.15) is 11.5 Å². The molecule has 1 aliphatic rings. The molecule has 1 aliphatic heterocycles. The number of carbonyl (C=O) groups excluding carboxylic acids is 1. The second-order valence-electron chi connectivity index (χ2n) is 7.06. The highest BCUT2D eigenvalue weighted by Gasteiger charge is 2.21. The number of carbonyl (C=O) groups is 1. The lowest BCUT2D eigenvalue weighted by Crippen LogP contribution is -2.49. The normalized spacial score (nSPS) is 14.2. The van der Waals surface area contributed by atoms with Crippen molar-refractivity contribution in [3.63, 3.8) is 0 Å². The van der Waals surface area contributed by atoms with E-state index in [9.17, 15) is 4.79 Å². The van der Waals surface area contributed by atoms with E-state index in [-0.39, 0.29) is 5.91 Å². The summed E-state index contributed by atoms with van der Waals surface area (Å²) in [7, 11) is 1.67. The topological polar surface area (TPSA) is 58.8 Å². The molecule has 0 bridgehead atoms. The Bertz CT molecular complexity index is 962. The lowest BCUT2D eigenvalue weighted by molar-refractivity contribution is -0.128. The van der Waals surface area contributed by atoms with Crippen molar-refractivity contribution >= 4 is 34.7 Å². The standard InChI is InChI=1S/C22H25N3O3S2/c1-16-19(23-22(28-16)20-4-3-13-30-20)14-29-15-21(26)25-11-9-24(10-12-25)17-5-7-18(27-2)8-6-17/h3-8,13H,9-12,14-15H2,1-2H3. The van der Waals surface area contributed by atoms with Gasteiger partial charge in [0, 0.05) is 37.6 Å². The first kappa shape index (κ1) is 20.8. The van der Waals surface area contributed by atoms with Crippen LogP contribution >= 0.6 is 23.1 Å². The number of hydrogen-bond acceptors (Lipinski definition) is 7. The van der Waals surface area contributed by atoms with Crippen molar-refractivity contribution in [1.29, 1.82) is 0 Å². The zero-order valence-corrected chi connectivity index (χ0v) is 18.8. The van der Waals surface area contributed by atoms with Crippen LogP contribution in [-0.2, 0) is 10.5 Å². The van der Waals surface area contributed by atoms with Gasteiger partial charge in [-0.2, -0.15) is 0 Å². The summed E-state index contributed by atoms with van der Waals surface area (Å²) in [6.07, 6.45) is 0. The van der Waals surface area contributed by atoms with Crippen LogP contribution in [0.2, 0.25) is 0 Å². The molecule has 6 nitrogen and oxygen atoms in total. The van der Waals surface area contributed by atoms with Gasteiger partial charge in [-0.1, -0.05) is 6.07 Å². The summed E-state index contributed by atoms with van der Waals surface area (Å²) in [5.74, 6) is 3.68. The number of oxazole rings is 1. The molecule has 0 N–H and O–H groups in total. The largest absolute Gasteiger partial charge is 0.497 e. The van der Waals surface area contributed by atoms with E-state index in [1.54, 1.807) is 30.2 Å². The van der Waals surface area contributed by atoms with Gasteiger partial charge in [0.25, 0.3) is 0 Å². The maximum atomic E-state index is 12.6. The summed E-state index contributed by atoms with van der Waals surface area (Å²) in [5, 5.41) is 2.01. The molecule has 1 aromatic carbocycles. The van der Waals surface area contributed by atoms with Gasteiger partial charge in [0.15, 0.2) is 0 Å². The average Bonchev–Trinajstić information content (AvgIpc) is 3.44. The summed E-state index contributed by atoms with van der Waals surface area (Å²) in [6, 6.07) is 12.1. The summed E-state index contributed by atoms with van der Waals surface area (Å²) < 4.78 is 11.0. The Labute approximate surface area is 184 Å². The highest BCUT2D eigenvalue weighted by molar-refractivity contribution is 7.99. The highest BCUT2D eigenvalue weighted by Crippen LogP contribution is 2.27. The molecule has 0 saturated carbocycles. The van der Waals surface area contributed by atoms with Gasteiger partial charge in [0.2, 0.25) is 11.8 Å². The van der Waals surface area contributed by atoms with Crippen LogP contribution in [0.15, 0.2) is 46.2 Å². The van der Waals surface area contributed by atoms with E-state index >= 15 is 0 Å². The lowest BCUT2D eigenvalue weighted by Gasteiger charge is -2.36. The molecule has 4 rings (SSSR count). The summed E-state index contributed by atoms with van der Waals surface area (Å²) in [6.45, 7) is 5.11. The Morgan fingerprint density at radius 3 is 2.63 bits per heavy atom. The number of hydrogen-bond donors (Lipinski definition) is 0. The SMILES string of the molecule is COc1ccc(N2CCN(C(=O)CSCc3nc(-c4cccs4)oc3C)CC2)cc1. The number of methoxy groups -OCH3 is 1. The molecule has 1 saturated heterocycles. The van der Waals surface area contributed by atoms with Crippen molar-refractivity contribution in [2.24, 2.45) is 0 Å². The van der Waals surface area contributed by atoms with Gasteiger partial charge in [-0.25, -0.2) is 4.98 Å². The Morgan fingerprint density at radius 2 is 1.97 bits per heavy atom. The zero-order chi connectivity index (χ0) is 20.9. The van der Waals surface area contributed by atoms with Crippen LogP contribution in [-0.4, -0.2) is 54.8 Å². The maximum Gasteiger partial charge on any atom is 0.236 e.